The minimum Gasteiger partial charge on any atom is -0.378 e. The van der Waals surface area contributed by atoms with E-state index in [4.69, 9.17) is 11.6 Å². The van der Waals surface area contributed by atoms with E-state index in [2.05, 4.69) is 23.5 Å². The summed E-state index contributed by atoms with van der Waals surface area (Å²) in [6.07, 6.45) is 5.55. The van der Waals surface area contributed by atoms with Crippen LogP contribution in [-0.2, 0) is 0 Å². The highest BCUT2D eigenvalue weighted by atomic mass is 35.5. The highest BCUT2D eigenvalue weighted by Gasteiger charge is 2.37. The Labute approximate surface area is 128 Å². The largest absolute Gasteiger partial charge is 0.378 e. The highest BCUT2D eigenvalue weighted by molar-refractivity contribution is 6.30. The molecule has 1 aliphatic carbocycles. The zero-order valence-electron chi connectivity index (χ0n) is 11.4. The van der Waals surface area contributed by atoms with E-state index in [1.165, 1.54) is 17.7 Å². The van der Waals surface area contributed by atoms with Crippen molar-refractivity contribution >= 4 is 17.3 Å². The van der Waals surface area contributed by atoms with Crippen LogP contribution in [0.15, 0.2) is 54.6 Å². The van der Waals surface area contributed by atoms with E-state index in [0.717, 1.165) is 22.7 Å². The van der Waals surface area contributed by atoms with Crippen LogP contribution in [-0.4, -0.2) is 0 Å². The van der Waals surface area contributed by atoms with Gasteiger partial charge in [0, 0.05) is 16.6 Å². The van der Waals surface area contributed by atoms with Gasteiger partial charge in [0.1, 0.15) is 5.82 Å². The molecule has 0 radical (unpaired) electrons. The summed E-state index contributed by atoms with van der Waals surface area (Å²) in [5.41, 5.74) is 3.52. The molecule has 0 amide bonds. The van der Waals surface area contributed by atoms with E-state index in [-0.39, 0.29) is 11.9 Å². The lowest BCUT2D eigenvalue weighted by atomic mass is 9.77. The molecule has 2 aliphatic rings. The molecular formula is C18H15ClFN. The van der Waals surface area contributed by atoms with Gasteiger partial charge in [-0.3, -0.25) is 0 Å². The maximum absolute atomic E-state index is 13.2. The van der Waals surface area contributed by atoms with Crippen molar-refractivity contribution in [2.24, 2.45) is 5.92 Å². The highest BCUT2D eigenvalue weighted by Crippen LogP contribution is 2.50. The van der Waals surface area contributed by atoms with E-state index in [0.29, 0.717) is 11.8 Å². The number of allylic oxidation sites excluding steroid dienone is 2. The Kier molecular flexibility index (Phi) is 3.00. The first-order valence-corrected chi connectivity index (χ1v) is 7.58. The lowest BCUT2D eigenvalue weighted by molar-refractivity contribution is 0.425. The van der Waals surface area contributed by atoms with Crippen LogP contribution in [0.5, 0.6) is 0 Å². The van der Waals surface area contributed by atoms with Crippen LogP contribution < -0.4 is 5.32 Å². The van der Waals surface area contributed by atoms with Crippen LogP contribution in [0.2, 0.25) is 5.02 Å². The molecule has 21 heavy (non-hydrogen) atoms. The van der Waals surface area contributed by atoms with Crippen molar-refractivity contribution in [2.45, 2.75) is 18.4 Å². The van der Waals surface area contributed by atoms with Crippen molar-refractivity contribution in [3.8, 4) is 0 Å². The molecule has 2 aromatic rings. The first kappa shape index (κ1) is 12.9. The third-order valence-corrected chi connectivity index (χ3v) is 4.79. The van der Waals surface area contributed by atoms with Gasteiger partial charge in [0.2, 0.25) is 0 Å². The molecule has 0 saturated heterocycles. The fourth-order valence-corrected chi connectivity index (χ4v) is 3.75. The van der Waals surface area contributed by atoms with E-state index in [1.54, 1.807) is 0 Å². The van der Waals surface area contributed by atoms with Gasteiger partial charge in [-0.25, -0.2) is 4.39 Å². The van der Waals surface area contributed by atoms with Crippen molar-refractivity contribution in [2.75, 3.05) is 5.32 Å². The monoisotopic (exact) mass is 299 g/mol. The molecule has 1 N–H and O–H groups in total. The van der Waals surface area contributed by atoms with Gasteiger partial charge in [-0.1, -0.05) is 35.9 Å². The maximum atomic E-state index is 13.2. The third kappa shape index (κ3) is 2.14. The van der Waals surface area contributed by atoms with Gasteiger partial charge < -0.3 is 5.32 Å². The summed E-state index contributed by atoms with van der Waals surface area (Å²) in [4.78, 5) is 0. The topological polar surface area (TPSA) is 12.0 Å². The SMILES string of the molecule is Fc1ccc([C@@H]2Nc3ccc(Cl)cc3[C@@H]3C=CC[C@@H]32)cc1. The molecule has 1 nitrogen and oxygen atoms in total. The smallest absolute Gasteiger partial charge is 0.123 e. The van der Waals surface area contributed by atoms with E-state index >= 15 is 0 Å². The Bertz CT molecular complexity index is 708. The van der Waals surface area contributed by atoms with Crippen LogP contribution >= 0.6 is 11.6 Å². The maximum Gasteiger partial charge on any atom is 0.123 e. The van der Waals surface area contributed by atoms with Gasteiger partial charge in [-0.05, 0) is 53.8 Å². The van der Waals surface area contributed by atoms with Crippen LogP contribution in [0.4, 0.5) is 10.1 Å². The summed E-state index contributed by atoms with van der Waals surface area (Å²) in [5.74, 6) is 0.652. The Morgan fingerprint density at radius 1 is 1.10 bits per heavy atom. The second-order valence-electron chi connectivity index (χ2n) is 5.76. The third-order valence-electron chi connectivity index (χ3n) is 4.55. The molecule has 0 bridgehead atoms. The Hall–Kier alpha value is -1.80. The lowest BCUT2D eigenvalue weighted by Gasteiger charge is -2.37. The van der Waals surface area contributed by atoms with Gasteiger partial charge in [-0.2, -0.15) is 0 Å². The fourth-order valence-electron chi connectivity index (χ4n) is 3.57. The Balaban J connectivity index is 1.78. The van der Waals surface area contributed by atoms with Crippen LogP contribution in [0.1, 0.15) is 29.5 Å². The summed E-state index contributed by atoms with van der Waals surface area (Å²) >= 11 is 6.14. The molecule has 106 valence electrons. The summed E-state index contributed by atoms with van der Waals surface area (Å²) in [6.45, 7) is 0. The molecule has 3 heteroatoms. The van der Waals surface area contributed by atoms with Gasteiger partial charge in [0.05, 0.1) is 6.04 Å². The van der Waals surface area contributed by atoms with E-state index in [1.807, 2.05) is 24.3 Å². The molecule has 0 fully saturated rings. The van der Waals surface area contributed by atoms with Crippen molar-refractivity contribution in [1.29, 1.82) is 0 Å². The average Bonchev–Trinajstić information content (AvgIpc) is 2.97. The predicted octanol–water partition coefficient (Wildman–Crippen LogP) is 5.31. The Morgan fingerprint density at radius 2 is 1.90 bits per heavy atom. The first-order valence-electron chi connectivity index (χ1n) is 7.20. The van der Waals surface area contributed by atoms with Crippen molar-refractivity contribution in [3.05, 3.63) is 76.6 Å². The number of rotatable bonds is 1. The number of benzene rings is 2. The lowest BCUT2D eigenvalue weighted by Crippen LogP contribution is -2.29. The van der Waals surface area contributed by atoms with Gasteiger partial charge in [0.25, 0.3) is 0 Å². The quantitative estimate of drug-likeness (QED) is 0.704. The van der Waals surface area contributed by atoms with Crippen LogP contribution in [0.25, 0.3) is 0 Å². The first-order chi connectivity index (χ1) is 10.2. The number of hydrogen-bond acceptors (Lipinski definition) is 1. The molecule has 0 aromatic heterocycles. The summed E-state index contributed by atoms with van der Waals surface area (Å²) < 4.78 is 13.2. The zero-order chi connectivity index (χ0) is 14.4. The number of anilines is 1. The van der Waals surface area contributed by atoms with Gasteiger partial charge in [0.15, 0.2) is 0 Å². The molecule has 3 atom stereocenters. The van der Waals surface area contributed by atoms with E-state index in [9.17, 15) is 4.39 Å². The Morgan fingerprint density at radius 3 is 2.71 bits per heavy atom. The second kappa shape index (κ2) is 4.88. The normalized spacial score (nSPS) is 26.1. The molecule has 2 aromatic carbocycles. The zero-order valence-corrected chi connectivity index (χ0v) is 12.1. The molecule has 0 spiro atoms. The van der Waals surface area contributed by atoms with E-state index < -0.39 is 0 Å². The molecular weight excluding hydrogens is 285 g/mol. The predicted molar refractivity (Wildman–Crippen MR) is 84.2 cm³/mol. The molecule has 0 unspecified atom stereocenters. The number of nitrogens with one attached hydrogen (secondary N) is 1. The van der Waals surface area contributed by atoms with Crippen molar-refractivity contribution in [3.63, 3.8) is 0 Å². The van der Waals surface area contributed by atoms with Crippen LogP contribution in [0, 0.1) is 11.7 Å². The number of hydrogen-bond donors (Lipinski definition) is 1. The number of halogens is 2. The number of fused-ring (bicyclic) bond motifs is 3. The van der Waals surface area contributed by atoms with Gasteiger partial charge in [-0.15, -0.1) is 0 Å². The minimum atomic E-state index is -0.192. The molecule has 0 saturated carbocycles. The summed E-state index contributed by atoms with van der Waals surface area (Å²) in [5, 5.41) is 4.38. The van der Waals surface area contributed by atoms with Gasteiger partial charge >= 0.3 is 0 Å². The summed E-state index contributed by atoms with van der Waals surface area (Å²) in [6, 6.07) is 13.0. The standard InChI is InChI=1S/C18H15ClFN/c19-12-6-9-17-16(10-12)14-2-1-3-15(14)18(21-17)11-4-7-13(20)8-5-11/h1-2,4-10,14-15,18,21H,3H2/t14-,15+,18+/m1/s1. The molecule has 4 rings (SSSR count). The average molecular weight is 300 g/mol. The molecule has 1 heterocycles. The molecule has 1 aliphatic heterocycles. The van der Waals surface area contributed by atoms with Crippen LogP contribution in [0.3, 0.4) is 0 Å². The fraction of sp³-hybridized carbons (Fsp3) is 0.222. The second-order valence-corrected chi connectivity index (χ2v) is 6.20. The van der Waals surface area contributed by atoms with Crippen molar-refractivity contribution in [1.82, 2.24) is 0 Å². The van der Waals surface area contributed by atoms with Crippen molar-refractivity contribution < 1.29 is 4.39 Å². The summed E-state index contributed by atoms with van der Waals surface area (Å²) in [7, 11) is 0. The minimum absolute atomic E-state index is 0.192.